The first-order valence-electron chi connectivity index (χ1n) is 12.1. The normalized spacial score (nSPS) is 18.0. The van der Waals surface area contributed by atoms with Crippen LogP contribution in [0.1, 0.15) is 43.4 Å². The minimum atomic E-state index is -0.210. The molecular formula is C26H31N5O2. The van der Waals surface area contributed by atoms with Crippen LogP contribution in [0.5, 0.6) is 0 Å². The van der Waals surface area contributed by atoms with E-state index in [1.165, 1.54) is 36.8 Å². The second-order valence-electron chi connectivity index (χ2n) is 9.20. The van der Waals surface area contributed by atoms with E-state index in [0.29, 0.717) is 17.8 Å². The second-order valence-corrected chi connectivity index (χ2v) is 9.20. The molecule has 7 nitrogen and oxygen atoms in total. The van der Waals surface area contributed by atoms with Gasteiger partial charge in [-0.25, -0.2) is 4.68 Å². The van der Waals surface area contributed by atoms with Gasteiger partial charge < -0.3 is 4.90 Å². The Morgan fingerprint density at radius 3 is 2.33 bits per heavy atom. The fourth-order valence-corrected chi connectivity index (χ4v) is 5.25. The Bertz CT molecular complexity index is 1160. The first-order valence-corrected chi connectivity index (χ1v) is 12.1. The molecule has 1 saturated heterocycles. The van der Waals surface area contributed by atoms with Gasteiger partial charge in [0, 0.05) is 56.4 Å². The zero-order valence-corrected chi connectivity index (χ0v) is 19.0. The molecule has 0 bridgehead atoms. The molecule has 1 saturated carbocycles. The summed E-state index contributed by atoms with van der Waals surface area (Å²) in [6.45, 7) is 3.27. The summed E-state index contributed by atoms with van der Waals surface area (Å²) in [6, 6.07) is 12.1. The number of carbonyl (C=O) groups is 1. The van der Waals surface area contributed by atoms with E-state index < -0.39 is 0 Å². The molecule has 2 fully saturated rings. The molecule has 3 aromatic rings. The molecule has 0 radical (unpaired) electrons. The molecule has 1 aromatic carbocycles. The van der Waals surface area contributed by atoms with E-state index in [-0.39, 0.29) is 18.0 Å². The van der Waals surface area contributed by atoms with Crippen LogP contribution in [-0.4, -0.2) is 62.7 Å². The van der Waals surface area contributed by atoms with Gasteiger partial charge in [0.1, 0.15) is 6.54 Å². The molecule has 0 unspecified atom stereocenters. The quantitative estimate of drug-likeness (QED) is 0.604. The zero-order valence-electron chi connectivity index (χ0n) is 19.0. The fraction of sp³-hybridized carbons (Fsp3) is 0.462. The highest BCUT2D eigenvalue weighted by Crippen LogP contribution is 2.23. The molecule has 7 heteroatoms. The summed E-state index contributed by atoms with van der Waals surface area (Å²) in [5.41, 5.74) is 1.66. The van der Waals surface area contributed by atoms with Gasteiger partial charge in [0.15, 0.2) is 0 Å². The van der Waals surface area contributed by atoms with Gasteiger partial charge in [0.25, 0.3) is 5.56 Å². The highest BCUT2D eigenvalue weighted by atomic mass is 16.2. The average Bonchev–Trinajstić information content (AvgIpc) is 2.88. The monoisotopic (exact) mass is 445 g/mol. The Hall–Kier alpha value is -3.06. The van der Waals surface area contributed by atoms with Gasteiger partial charge in [-0.2, -0.15) is 5.10 Å². The number of piperazine rings is 1. The summed E-state index contributed by atoms with van der Waals surface area (Å²) >= 11 is 0. The lowest BCUT2D eigenvalue weighted by atomic mass is 9.94. The molecule has 172 valence electrons. The summed E-state index contributed by atoms with van der Waals surface area (Å²) < 4.78 is 1.36. The van der Waals surface area contributed by atoms with Gasteiger partial charge in [-0.05, 0) is 36.6 Å². The second kappa shape index (κ2) is 9.83. The van der Waals surface area contributed by atoms with Crippen LogP contribution in [0.3, 0.4) is 0 Å². The van der Waals surface area contributed by atoms with Crippen molar-refractivity contribution < 1.29 is 4.79 Å². The average molecular weight is 446 g/mol. The van der Waals surface area contributed by atoms with E-state index in [9.17, 15) is 9.59 Å². The van der Waals surface area contributed by atoms with Gasteiger partial charge in [0.05, 0.1) is 11.1 Å². The lowest BCUT2D eigenvalue weighted by Gasteiger charge is -2.40. The largest absolute Gasteiger partial charge is 0.339 e. The van der Waals surface area contributed by atoms with Crippen LogP contribution < -0.4 is 5.56 Å². The molecule has 5 rings (SSSR count). The van der Waals surface area contributed by atoms with Crippen LogP contribution in [-0.2, 0) is 17.8 Å². The van der Waals surface area contributed by atoms with Gasteiger partial charge >= 0.3 is 0 Å². The first-order chi connectivity index (χ1) is 16.2. The maximum Gasteiger partial charge on any atom is 0.275 e. The summed E-state index contributed by atoms with van der Waals surface area (Å²) in [4.78, 5) is 34.8. The standard InChI is InChI=1S/C26H31N5O2/c32-25(30-16-14-29(15-17-30)21-6-2-1-3-7-21)19-31-26(33)23-9-5-4-8-22(23)24(28-31)18-20-10-12-27-13-11-20/h4-5,8-13,21H,1-3,6-7,14-19H2. The van der Waals surface area contributed by atoms with E-state index in [1.807, 2.05) is 41.3 Å². The van der Waals surface area contributed by atoms with E-state index in [2.05, 4.69) is 15.0 Å². The van der Waals surface area contributed by atoms with Crippen LogP contribution in [0, 0.1) is 0 Å². The molecule has 0 atom stereocenters. The number of aromatic nitrogens is 3. The highest BCUT2D eigenvalue weighted by molar-refractivity contribution is 5.84. The molecule has 1 aliphatic heterocycles. The van der Waals surface area contributed by atoms with Gasteiger partial charge in [-0.1, -0.05) is 37.5 Å². The molecule has 33 heavy (non-hydrogen) atoms. The van der Waals surface area contributed by atoms with Crippen LogP contribution in [0.2, 0.25) is 0 Å². The van der Waals surface area contributed by atoms with Crippen molar-refractivity contribution in [1.82, 2.24) is 24.6 Å². The number of pyridine rings is 1. The number of hydrogen-bond acceptors (Lipinski definition) is 5. The molecule has 2 aromatic heterocycles. The molecule has 1 amide bonds. The van der Waals surface area contributed by atoms with Crippen LogP contribution >= 0.6 is 0 Å². The highest BCUT2D eigenvalue weighted by Gasteiger charge is 2.27. The zero-order chi connectivity index (χ0) is 22.6. The molecule has 1 aliphatic carbocycles. The Kier molecular flexibility index (Phi) is 6.48. The van der Waals surface area contributed by atoms with Crippen LogP contribution in [0.4, 0.5) is 0 Å². The summed E-state index contributed by atoms with van der Waals surface area (Å²) in [5, 5.41) is 6.09. The van der Waals surface area contributed by atoms with E-state index >= 15 is 0 Å². The third kappa shape index (κ3) is 4.83. The Morgan fingerprint density at radius 2 is 1.61 bits per heavy atom. The van der Waals surface area contributed by atoms with E-state index in [1.54, 1.807) is 12.4 Å². The third-order valence-corrected chi connectivity index (χ3v) is 7.11. The number of amides is 1. The van der Waals surface area contributed by atoms with Crippen molar-refractivity contribution >= 4 is 16.7 Å². The number of benzene rings is 1. The number of rotatable bonds is 5. The Morgan fingerprint density at radius 1 is 0.909 bits per heavy atom. The Balaban J connectivity index is 1.33. The molecule has 0 spiro atoms. The van der Waals surface area contributed by atoms with E-state index in [0.717, 1.165) is 42.8 Å². The smallest absolute Gasteiger partial charge is 0.275 e. The molecular weight excluding hydrogens is 414 g/mol. The predicted octanol–water partition coefficient (Wildman–Crippen LogP) is 2.86. The topological polar surface area (TPSA) is 71.3 Å². The van der Waals surface area contributed by atoms with Crippen molar-refractivity contribution in [2.45, 2.75) is 51.1 Å². The van der Waals surface area contributed by atoms with Gasteiger partial charge in [-0.15, -0.1) is 0 Å². The minimum Gasteiger partial charge on any atom is -0.339 e. The van der Waals surface area contributed by atoms with E-state index in [4.69, 9.17) is 0 Å². The SMILES string of the molecule is O=C(Cn1nc(Cc2ccncc2)c2ccccc2c1=O)N1CCN(C2CCCCC2)CC1. The number of nitrogens with zero attached hydrogens (tertiary/aromatic N) is 5. The van der Waals surface area contributed by atoms with Crippen molar-refractivity contribution in [2.24, 2.45) is 0 Å². The summed E-state index contributed by atoms with van der Waals surface area (Å²) in [6.07, 6.45) is 10.6. The summed E-state index contributed by atoms with van der Waals surface area (Å²) in [7, 11) is 0. The first kappa shape index (κ1) is 21.8. The van der Waals surface area contributed by atoms with Crippen LogP contribution in [0.25, 0.3) is 10.8 Å². The predicted molar refractivity (Wildman–Crippen MR) is 128 cm³/mol. The van der Waals surface area contributed by atoms with Crippen molar-refractivity contribution in [2.75, 3.05) is 26.2 Å². The van der Waals surface area contributed by atoms with Crippen molar-refractivity contribution in [3.05, 3.63) is 70.4 Å². The van der Waals surface area contributed by atoms with Crippen molar-refractivity contribution in [3.8, 4) is 0 Å². The fourth-order valence-electron chi connectivity index (χ4n) is 5.25. The van der Waals surface area contributed by atoms with Gasteiger partial charge in [0.2, 0.25) is 5.91 Å². The lowest BCUT2D eigenvalue weighted by Crippen LogP contribution is -2.53. The van der Waals surface area contributed by atoms with Gasteiger partial charge in [-0.3, -0.25) is 19.5 Å². The minimum absolute atomic E-state index is 0.0174. The molecule has 2 aliphatic rings. The summed E-state index contributed by atoms with van der Waals surface area (Å²) in [5.74, 6) is -0.0296. The molecule has 3 heterocycles. The maximum atomic E-state index is 13.1. The number of carbonyl (C=O) groups excluding carboxylic acids is 1. The Labute approximate surface area is 194 Å². The third-order valence-electron chi connectivity index (χ3n) is 7.11. The molecule has 0 N–H and O–H groups in total. The van der Waals surface area contributed by atoms with Crippen LogP contribution in [0.15, 0.2) is 53.6 Å². The lowest BCUT2D eigenvalue weighted by molar-refractivity contribution is -0.134. The number of hydrogen-bond donors (Lipinski definition) is 0. The van der Waals surface area contributed by atoms with Crippen molar-refractivity contribution in [1.29, 1.82) is 0 Å². The number of fused-ring (bicyclic) bond motifs is 1. The maximum absolute atomic E-state index is 13.1. The van der Waals surface area contributed by atoms with Crippen molar-refractivity contribution in [3.63, 3.8) is 0 Å².